The molecule has 0 radical (unpaired) electrons. The van der Waals surface area contributed by atoms with E-state index < -0.39 is 30.1 Å². The Morgan fingerprint density at radius 1 is 1.03 bits per heavy atom. The first kappa shape index (κ1) is 24.5. The van der Waals surface area contributed by atoms with Crippen molar-refractivity contribution < 1.29 is 24.6 Å². The highest BCUT2D eigenvalue weighted by Crippen LogP contribution is 2.23. The van der Waals surface area contributed by atoms with Crippen molar-refractivity contribution in [1.82, 2.24) is 15.2 Å². The molecule has 0 saturated carbocycles. The summed E-state index contributed by atoms with van der Waals surface area (Å²) >= 11 is 0. The number of hydrogen-bond acceptors (Lipinski definition) is 4. The molecule has 8 heteroatoms. The van der Waals surface area contributed by atoms with E-state index in [-0.39, 0.29) is 12.3 Å². The van der Waals surface area contributed by atoms with Crippen LogP contribution in [0, 0.1) is 0 Å². The lowest BCUT2D eigenvalue weighted by Gasteiger charge is -2.31. The van der Waals surface area contributed by atoms with Gasteiger partial charge in [0.25, 0.3) is 0 Å². The van der Waals surface area contributed by atoms with Gasteiger partial charge < -0.3 is 20.1 Å². The van der Waals surface area contributed by atoms with E-state index in [0.29, 0.717) is 38.6 Å². The van der Waals surface area contributed by atoms with Gasteiger partial charge in [0.2, 0.25) is 5.91 Å². The number of fused-ring (bicyclic) bond motifs is 1. The molecule has 2 unspecified atom stereocenters. The average molecular weight is 478 g/mol. The van der Waals surface area contributed by atoms with E-state index in [0.717, 1.165) is 22.0 Å². The fraction of sp³-hybridized carbons (Fsp3) is 0.370. The SMILES string of the molecule is O=C(O)C(Cc1c[nH]c2ccccc12)N1CCCCC(N[C@@H](CCc2ccccc2)C(=O)O)C1=O. The van der Waals surface area contributed by atoms with E-state index in [1.54, 1.807) is 6.20 Å². The van der Waals surface area contributed by atoms with Gasteiger partial charge in [-0.25, -0.2) is 4.79 Å². The average Bonchev–Trinajstić information content (AvgIpc) is 3.18. The first-order chi connectivity index (χ1) is 16.9. The Morgan fingerprint density at radius 2 is 1.77 bits per heavy atom. The number of rotatable bonds is 10. The lowest BCUT2D eigenvalue weighted by molar-refractivity contribution is -0.151. The number of carboxylic acid groups (broad SMARTS) is 2. The third kappa shape index (κ3) is 5.89. The fourth-order valence-electron chi connectivity index (χ4n) is 4.84. The Hall–Kier alpha value is -3.65. The second kappa shape index (κ2) is 11.2. The number of aryl methyl sites for hydroxylation is 1. The topological polar surface area (TPSA) is 123 Å². The maximum Gasteiger partial charge on any atom is 0.326 e. The highest BCUT2D eigenvalue weighted by Gasteiger charge is 2.37. The van der Waals surface area contributed by atoms with E-state index >= 15 is 0 Å². The molecule has 2 aromatic carbocycles. The molecule has 4 N–H and O–H groups in total. The van der Waals surface area contributed by atoms with E-state index in [4.69, 9.17) is 0 Å². The maximum atomic E-state index is 13.5. The smallest absolute Gasteiger partial charge is 0.326 e. The first-order valence-electron chi connectivity index (χ1n) is 12.0. The van der Waals surface area contributed by atoms with E-state index in [1.165, 1.54) is 4.90 Å². The van der Waals surface area contributed by atoms with Crippen molar-refractivity contribution in [3.63, 3.8) is 0 Å². The summed E-state index contributed by atoms with van der Waals surface area (Å²) in [6.07, 6.45) is 4.73. The molecular weight excluding hydrogens is 446 g/mol. The highest BCUT2D eigenvalue weighted by atomic mass is 16.4. The van der Waals surface area contributed by atoms with Gasteiger partial charge in [-0.2, -0.15) is 0 Å². The molecule has 0 bridgehead atoms. The van der Waals surface area contributed by atoms with E-state index in [9.17, 15) is 24.6 Å². The van der Waals surface area contributed by atoms with Crippen molar-refractivity contribution in [1.29, 1.82) is 0 Å². The quantitative estimate of drug-likeness (QED) is 0.356. The molecule has 1 saturated heterocycles. The number of nitrogens with one attached hydrogen (secondary N) is 2. The predicted molar refractivity (Wildman–Crippen MR) is 132 cm³/mol. The molecule has 1 aromatic heterocycles. The molecule has 4 rings (SSSR count). The van der Waals surface area contributed by atoms with Crippen LogP contribution < -0.4 is 5.32 Å². The van der Waals surface area contributed by atoms with E-state index in [1.807, 2.05) is 54.6 Å². The van der Waals surface area contributed by atoms with Crippen LogP contribution >= 0.6 is 0 Å². The van der Waals surface area contributed by atoms with Crippen LogP contribution in [0.2, 0.25) is 0 Å². The molecule has 1 amide bonds. The molecule has 1 aliphatic heterocycles. The van der Waals surface area contributed by atoms with Crippen LogP contribution in [0.4, 0.5) is 0 Å². The number of carbonyl (C=O) groups is 3. The number of carbonyl (C=O) groups excluding carboxylic acids is 1. The minimum atomic E-state index is -1.07. The summed E-state index contributed by atoms with van der Waals surface area (Å²) in [7, 11) is 0. The zero-order valence-electron chi connectivity index (χ0n) is 19.5. The molecular formula is C27H31N3O5. The number of benzene rings is 2. The minimum Gasteiger partial charge on any atom is -0.480 e. The third-order valence-corrected chi connectivity index (χ3v) is 6.74. The molecule has 1 aliphatic rings. The number of para-hydroxylation sites is 1. The number of amides is 1. The monoisotopic (exact) mass is 477 g/mol. The van der Waals surface area contributed by atoms with Gasteiger partial charge in [0.15, 0.2) is 0 Å². The molecule has 3 aromatic rings. The minimum absolute atomic E-state index is 0.175. The molecule has 0 spiro atoms. The van der Waals surface area contributed by atoms with Gasteiger partial charge in [-0.1, -0.05) is 48.5 Å². The number of H-pyrrole nitrogens is 1. The Labute approximate surface area is 204 Å². The van der Waals surface area contributed by atoms with Crippen LogP contribution in [0.15, 0.2) is 60.8 Å². The van der Waals surface area contributed by atoms with Crippen molar-refractivity contribution in [3.8, 4) is 0 Å². The number of likely N-dealkylation sites (tertiary alicyclic amines) is 1. The predicted octanol–water partition coefficient (Wildman–Crippen LogP) is 3.22. The van der Waals surface area contributed by atoms with Crippen molar-refractivity contribution in [2.75, 3.05) is 6.54 Å². The molecule has 3 atom stereocenters. The van der Waals surface area contributed by atoms with Gasteiger partial charge in [0.05, 0.1) is 6.04 Å². The standard InChI is InChI=1S/C27H31N3O5/c31-25-22(29-23(26(32)33)14-13-18-8-2-1-3-9-18)12-6-7-15-30(25)24(27(34)35)16-19-17-28-21-11-5-4-10-20(19)21/h1-5,8-11,17,22-24,28-29H,6-7,12-16H2,(H,32,33)(H,34,35)/t22?,23-,24?/m0/s1. The van der Waals surface area contributed by atoms with Crippen molar-refractivity contribution in [2.45, 2.75) is 56.7 Å². The Morgan fingerprint density at radius 3 is 2.51 bits per heavy atom. The van der Waals surface area contributed by atoms with Gasteiger partial charge in [-0.15, -0.1) is 0 Å². The second-order valence-electron chi connectivity index (χ2n) is 9.08. The molecule has 1 fully saturated rings. The van der Waals surface area contributed by atoms with E-state index in [2.05, 4.69) is 10.3 Å². The van der Waals surface area contributed by atoms with Crippen LogP contribution in [0.1, 0.15) is 36.8 Å². The zero-order chi connectivity index (χ0) is 24.8. The molecule has 35 heavy (non-hydrogen) atoms. The van der Waals surface area contributed by atoms with Gasteiger partial charge in [-0.3, -0.25) is 14.9 Å². The Bertz CT molecular complexity index is 1180. The summed E-state index contributed by atoms with van der Waals surface area (Å²) in [5.41, 5.74) is 2.77. The largest absolute Gasteiger partial charge is 0.480 e. The Balaban J connectivity index is 1.50. The molecule has 0 aliphatic carbocycles. The van der Waals surface area contributed by atoms with Crippen LogP contribution in [-0.2, 0) is 27.2 Å². The number of aromatic amines is 1. The summed E-state index contributed by atoms with van der Waals surface area (Å²) in [6, 6.07) is 14.6. The number of hydrogen-bond donors (Lipinski definition) is 4. The van der Waals surface area contributed by atoms with Crippen molar-refractivity contribution >= 4 is 28.7 Å². The van der Waals surface area contributed by atoms with Gasteiger partial charge >= 0.3 is 11.9 Å². The lowest BCUT2D eigenvalue weighted by atomic mass is 10.0. The van der Waals surface area contributed by atoms with Crippen LogP contribution in [-0.4, -0.2) is 62.6 Å². The van der Waals surface area contributed by atoms with Gasteiger partial charge in [0.1, 0.15) is 12.1 Å². The summed E-state index contributed by atoms with van der Waals surface area (Å²) in [4.78, 5) is 42.4. The summed E-state index contributed by atoms with van der Waals surface area (Å²) in [5, 5.41) is 23.8. The molecule has 8 nitrogen and oxygen atoms in total. The summed E-state index contributed by atoms with van der Waals surface area (Å²) < 4.78 is 0. The lowest BCUT2D eigenvalue weighted by Crippen LogP contribution is -2.55. The number of carboxylic acids is 2. The van der Waals surface area contributed by atoms with Crippen LogP contribution in [0.3, 0.4) is 0 Å². The van der Waals surface area contributed by atoms with Crippen molar-refractivity contribution in [2.24, 2.45) is 0 Å². The van der Waals surface area contributed by atoms with Crippen LogP contribution in [0.25, 0.3) is 10.9 Å². The fourth-order valence-corrected chi connectivity index (χ4v) is 4.84. The van der Waals surface area contributed by atoms with Gasteiger partial charge in [0, 0.05) is 30.1 Å². The number of aromatic nitrogens is 1. The second-order valence-corrected chi connectivity index (χ2v) is 9.08. The molecule has 184 valence electrons. The maximum absolute atomic E-state index is 13.5. The number of nitrogens with zero attached hydrogens (tertiary/aromatic N) is 1. The highest BCUT2D eigenvalue weighted by molar-refractivity contribution is 5.89. The summed E-state index contributed by atoms with van der Waals surface area (Å²) in [6.45, 7) is 0.331. The first-order valence-corrected chi connectivity index (χ1v) is 12.0. The number of aliphatic carboxylic acids is 2. The Kier molecular flexibility index (Phi) is 7.82. The van der Waals surface area contributed by atoms with Gasteiger partial charge in [-0.05, 0) is 49.3 Å². The van der Waals surface area contributed by atoms with Crippen LogP contribution in [0.5, 0.6) is 0 Å². The third-order valence-electron chi connectivity index (χ3n) is 6.74. The molecule has 2 heterocycles. The van der Waals surface area contributed by atoms with Crippen molar-refractivity contribution in [3.05, 3.63) is 71.9 Å². The summed E-state index contributed by atoms with van der Waals surface area (Å²) in [5.74, 6) is -2.43. The normalized spacial score (nSPS) is 18.2. The zero-order valence-corrected chi connectivity index (χ0v) is 19.5.